The molecule has 102 valence electrons. The van der Waals surface area contributed by atoms with Crippen LogP contribution in [0.15, 0.2) is 59.0 Å². The van der Waals surface area contributed by atoms with E-state index in [1.54, 1.807) is 23.7 Å². The molecule has 0 aliphatic rings. The molecule has 0 saturated carbocycles. The van der Waals surface area contributed by atoms with Gasteiger partial charge in [0.15, 0.2) is 5.65 Å². The third-order valence-electron chi connectivity index (χ3n) is 3.21. The highest BCUT2D eigenvalue weighted by Gasteiger charge is 2.09. The van der Waals surface area contributed by atoms with Crippen molar-refractivity contribution in [2.24, 2.45) is 0 Å². The molecule has 0 saturated heterocycles. The van der Waals surface area contributed by atoms with Gasteiger partial charge in [-0.15, -0.1) is 11.3 Å². The number of hydrogen-bond acceptors (Lipinski definition) is 4. The maximum Gasteiger partial charge on any atom is 0.273 e. The standard InChI is InChI=1S/C15H10N4OS/c20-15-9-11(10-3-5-16-6-4-10)17-14-8-12(18-19(14)15)13-2-1-7-21-13/h1-9,18H. The Balaban J connectivity index is 1.92. The molecule has 0 spiro atoms. The van der Waals surface area contributed by atoms with Gasteiger partial charge in [-0.05, 0) is 23.6 Å². The fraction of sp³-hybridized carbons (Fsp3) is 0. The lowest BCUT2D eigenvalue weighted by atomic mass is 10.2. The lowest BCUT2D eigenvalue weighted by molar-refractivity contribution is 0.905. The van der Waals surface area contributed by atoms with E-state index in [1.165, 1.54) is 10.6 Å². The highest BCUT2D eigenvalue weighted by Crippen LogP contribution is 2.24. The number of fused-ring (bicyclic) bond motifs is 1. The van der Waals surface area contributed by atoms with Crippen LogP contribution in [-0.2, 0) is 0 Å². The summed E-state index contributed by atoms with van der Waals surface area (Å²) in [4.78, 5) is 21.8. The van der Waals surface area contributed by atoms with E-state index in [0.29, 0.717) is 11.3 Å². The molecule has 0 fully saturated rings. The van der Waals surface area contributed by atoms with Crippen molar-refractivity contribution in [3.63, 3.8) is 0 Å². The Morgan fingerprint density at radius 2 is 2.00 bits per heavy atom. The first-order chi connectivity index (χ1) is 10.3. The zero-order valence-corrected chi connectivity index (χ0v) is 11.7. The smallest absolute Gasteiger partial charge is 0.273 e. The topological polar surface area (TPSA) is 63.0 Å². The molecule has 21 heavy (non-hydrogen) atoms. The molecule has 0 atom stereocenters. The van der Waals surface area contributed by atoms with E-state index in [9.17, 15) is 4.79 Å². The highest BCUT2D eigenvalue weighted by atomic mass is 32.1. The average Bonchev–Trinajstić information content (AvgIpc) is 3.17. The zero-order chi connectivity index (χ0) is 14.2. The molecule has 4 aromatic heterocycles. The molecule has 0 bridgehead atoms. The number of aromatic nitrogens is 4. The Morgan fingerprint density at radius 1 is 1.14 bits per heavy atom. The van der Waals surface area contributed by atoms with Crippen molar-refractivity contribution in [2.45, 2.75) is 0 Å². The fourth-order valence-electron chi connectivity index (χ4n) is 2.22. The lowest BCUT2D eigenvalue weighted by Gasteiger charge is -2.00. The van der Waals surface area contributed by atoms with E-state index in [0.717, 1.165) is 16.1 Å². The molecule has 0 unspecified atom stereocenters. The number of nitrogens with zero attached hydrogens (tertiary/aromatic N) is 3. The van der Waals surface area contributed by atoms with Gasteiger partial charge in [-0.3, -0.25) is 14.9 Å². The summed E-state index contributed by atoms with van der Waals surface area (Å²) in [7, 11) is 0. The molecule has 0 aliphatic heterocycles. The number of thiophene rings is 1. The van der Waals surface area contributed by atoms with Gasteiger partial charge in [0, 0.05) is 30.1 Å². The molecule has 4 heterocycles. The number of aromatic amines is 1. The van der Waals surface area contributed by atoms with E-state index < -0.39 is 0 Å². The van der Waals surface area contributed by atoms with Gasteiger partial charge in [-0.25, -0.2) is 9.50 Å². The molecule has 6 heteroatoms. The van der Waals surface area contributed by atoms with Gasteiger partial charge in [0.1, 0.15) is 0 Å². The number of hydrogen-bond donors (Lipinski definition) is 1. The first kappa shape index (κ1) is 12.0. The maximum atomic E-state index is 12.2. The summed E-state index contributed by atoms with van der Waals surface area (Å²) in [6.07, 6.45) is 3.38. The molecule has 0 radical (unpaired) electrons. The van der Waals surface area contributed by atoms with E-state index in [2.05, 4.69) is 15.1 Å². The second-order valence-corrected chi connectivity index (χ2v) is 5.50. The normalized spacial score (nSPS) is 11.0. The van der Waals surface area contributed by atoms with Gasteiger partial charge in [0.05, 0.1) is 16.3 Å². The van der Waals surface area contributed by atoms with Crippen LogP contribution in [0.2, 0.25) is 0 Å². The Hall–Kier alpha value is -2.73. The molecule has 4 rings (SSSR count). The van der Waals surface area contributed by atoms with Crippen LogP contribution in [0.4, 0.5) is 0 Å². The Morgan fingerprint density at radius 3 is 2.76 bits per heavy atom. The van der Waals surface area contributed by atoms with Gasteiger partial charge in [0.25, 0.3) is 5.56 Å². The van der Waals surface area contributed by atoms with Crippen LogP contribution in [0.3, 0.4) is 0 Å². The van der Waals surface area contributed by atoms with E-state index in [4.69, 9.17) is 0 Å². The van der Waals surface area contributed by atoms with E-state index in [1.807, 2.05) is 35.7 Å². The quantitative estimate of drug-likeness (QED) is 0.618. The summed E-state index contributed by atoms with van der Waals surface area (Å²) < 4.78 is 1.46. The van der Waals surface area contributed by atoms with Crippen molar-refractivity contribution in [1.82, 2.24) is 19.6 Å². The van der Waals surface area contributed by atoms with E-state index in [-0.39, 0.29) is 5.56 Å². The van der Waals surface area contributed by atoms with Crippen molar-refractivity contribution in [2.75, 3.05) is 0 Å². The van der Waals surface area contributed by atoms with Crippen LogP contribution in [0.25, 0.3) is 27.5 Å². The maximum absolute atomic E-state index is 12.2. The van der Waals surface area contributed by atoms with Crippen molar-refractivity contribution < 1.29 is 0 Å². The van der Waals surface area contributed by atoms with Gasteiger partial charge >= 0.3 is 0 Å². The largest absolute Gasteiger partial charge is 0.288 e. The van der Waals surface area contributed by atoms with Crippen molar-refractivity contribution in [1.29, 1.82) is 0 Å². The molecule has 0 aliphatic carbocycles. The lowest BCUT2D eigenvalue weighted by Crippen LogP contribution is -2.14. The predicted octanol–water partition coefficient (Wildman–Crippen LogP) is 2.81. The highest BCUT2D eigenvalue weighted by molar-refractivity contribution is 7.13. The first-order valence-electron chi connectivity index (χ1n) is 6.38. The van der Waals surface area contributed by atoms with Crippen LogP contribution in [0.5, 0.6) is 0 Å². The Kier molecular flexibility index (Phi) is 2.68. The third-order valence-corrected chi connectivity index (χ3v) is 4.12. The summed E-state index contributed by atoms with van der Waals surface area (Å²) in [6, 6.07) is 11.1. The van der Waals surface area contributed by atoms with Gasteiger partial charge in [-0.1, -0.05) is 6.07 Å². The summed E-state index contributed by atoms with van der Waals surface area (Å²) in [5.41, 5.74) is 2.90. The number of H-pyrrole nitrogens is 1. The number of rotatable bonds is 2. The van der Waals surface area contributed by atoms with Gasteiger partial charge in [0.2, 0.25) is 0 Å². The second-order valence-electron chi connectivity index (χ2n) is 4.56. The van der Waals surface area contributed by atoms with Gasteiger partial charge < -0.3 is 0 Å². The fourth-order valence-corrected chi connectivity index (χ4v) is 2.91. The third kappa shape index (κ3) is 2.05. The molecule has 0 aromatic carbocycles. The van der Waals surface area contributed by atoms with Crippen LogP contribution in [0, 0.1) is 0 Å². The van der Waals surface area contributed by atoms with Gasteiger partial charge in [-0.2, -0.15) is 0 Å². The average molecular weight is 294 g/mol. The SMILES string of the molecule is O=c1cc(-c2ccncc2)nc2cc(-c3cccs3)[nH]n12. The monoisotopic (exact) mass is 294 g/mol. The van der Waals surface area contributed by atoms with Crippen LogP contribution >= 0.6 is 11.3 Å². The summed E-state index contributed by atoms with van der Waals surface area (Å²) in [5.74, 6) is 0. The molecular weight excluding hydrogens is 284 g/mol. The number of nitrogens with one attached hydrogen (secondary N) is 1. The Labute approximate surface area is 123 Å². The number of pyridine rings is 1. The summed E-state index contributed by atoms with van der Waals surface area (Å²) in [6.45, 7) is 0. The molecule has 1 N–H and O–H groups in total. The van der Waals surface area contributed by atoms with Crippen LogP contribution < -0.4 is 5.56 Å². The van der Waals surface area contributed by atoms with Crippen LogP contribution in [-0.4, -0.2) is 19.6 Å². The van der Waals surface area contributed by atoms with Crippen molar-refractivity contribution in [3.05, 3.63) is 64.5 Å². The minimum absolute atomic E-state index is 0.130. The minimum Gasteiger partial charge on any atom is -0.288 e. The first-order valence-corrected chi connectivity index (χ1v) is 7.26. The minimum atomic E-state index is -0.130. The van der Waals surface area contributed by atoms with Crippen molar-refractivity contribution in [3.8, 4) is 21.8 Å². The molecule has 0 amide bonds. The zero-order valence-electron chi connectivity index (χ0n) is 10.9. The molecular formula is C15H10N4OS. The Bertz CT molecular complexity index is 954. The summed E-state index contributed by atoms with van der Waals surface area (Å²) in [5, 5.41) is 5.08. The van der Waals surface area contributed by atoms with Crippen molar-refractivity contribution >= 4 is 17.0 Å². The van der Waals surface area contributed by atoms with Crippen LogP contribution in [0.1, 0.15) is 0 Å². The predicted molar refractivity (Wildman–Crippen MR) is 82.4 cm³/mol. The summed E-state index contributed by atoms with van der Waals surface area (Å²) >= 11 is 1.62. The second kappa shape index (κ2) is 4.68. The molecule has 4 aromatic rings. The molecule has 5 nitrogen and oxygen atoms in total. The van der Waals surface area contributed by atoms with E-state index >= 15 is 0 Å².